The SMILES string of the molecule is C=C/C(C(=NCc1ccc(C(=C)C)cc1)c1cccc(-c2ccccc2)c1)=C(/N=C)c1cc(C=C)c(/C=C\C)cc1C.C=C\C=C/C(=C\C)C(/C)=C/C(C)/C(C=C)=C/C=C\C.CC.CC. The lowest BCUT2D eigenvalue weighted by atomic mass is 9.91. The minimum absolute atomic E-state index is 0.348. The van der Waals surface area contributed by atoms with Crippen molar-refractivity contribution in [3.05, 3.63) is 252 Å². The Morgan fingerprint density at radius 3 is 1.92 bits per heavy atom. The van der Waals surface area contributed by atoms with Gasteiger partial charge in [-0.15, -0.1) is 0 Å². The first kappa shape index (κ1) is 56.1. The molecule has 1 unspecified atom stereocenters. The number of hydrogen-bond donors (Lipinski definition) is 0. The second-order valence-electron chi connectivity index (χ2n) is 14.6. The van der Waals surface area contributed by atoms with Gasteiger partial charge in [-0.1, -0.05) is 231 Å². The van der Waals surface area contributed by atoms with E-state index in [4.69, 9.17) is 4.99 Å². The first-order valence-corrected chi connectivity index (χ1v) is 22.8. The number of allylic oxidation sites excluding steroid dienone is 16. The average molecular weight is 861 g/mol. The first-order valence-electron chi connectivity index (χ1n) is 22.8. The maximum atomic E-state index is 5.20. The standard InChI is InChI=1S/C40H38N2.C19H26.2C2H6/c1-8-15-34-24-29(6)38(26-31(34)9-2)40(41-7)37(10-3)39(42-27-30-20-22-32(23-21-30)28(4)5)36-19-14-18-35(25-36)33-16-12-11-13-17-33;1-7-11-13-18(9-3)16(5)15-17(6)19(10-4)14-12-8-2;2*1-2/h8-26H,2-4,7,27H2,1,5-6H3;7-15,17H,1,4H2,2-3,5-6H3;2*1-2H3/b15-8-,40-37-,42-39?;12-8-,13-11-,16-15+,18-9+,19-14+;;. The minimum atomic E-state index is 0.348. The summed E-state index contributed by atoms with van der Waals surface area (Å²) in [6.45, 7) is 46.9. The van der Waals surface area contributed by atoms with Crippen molar-refractivity contribution in [3.8, 4) is 11.1 Å². The fourth-order valence-electron chi connectivity index (χ4n) is 6.80. The van der Waals surface area contributed by atoms with E-state index in [-0.39, 0.29) is 0 Å². The third kappa shape index (κ3) is 17.7. The van der Waals surface area contributed by atoms with Gasteiger partial charge in [0.05, 0.1) is 18.0 Å². The van der Waals surface area contributed by atoms with Crippen molar-refractivity contribution in [1.82, 2.24) is 0 Å². The van der Waals surface area contributed by atoms with E-state index in [1.165, 1.54) is 16.7 Å². The summed E-state index contributed by atoms with van der Waals surface area (Å²) >= 11 is 0. The molecule has 0 spiro atoms. The van der Waals surface area contributed by atoms with Gasteiger partial charge in [0.25, 0.3) is 0 Å². The number of rotatable bonds is 18. The fraction of sp³-hybridized carbons (Fsp3) is 0.206. The molecule has 1 atom stereocenters. The van der Waals surface area contributed by atoms with E-state index in [0.29, 0.717) is 12.5 Å². The summed E-state index contributed by atoms with van der Waals surface area (Å²) in [5.41, 5.74) is 16.8. The highest BCUT2D eigenvalue weighted by Gasteiger charge is 2.18. The molecule has 2 heteroatoms. The van der Waals surface area contributed by atoms with Crippen LogP contribution in [0.4, 0.5) is 0 Å². The van der Waals surface area contributed by atoms with Gasteiger partial charge in [-0.3, -0.25) is 9.98 Å². The molecule has 4 aromatic rings. The zero-order chi connectivity index (χ0) is 48.7. The zero-order valence-electron chi connectivity index (χ0n) is 41.6. The van der Waals surface area contributed by atoms with E-state index in [9.17, 15) is 0 Å². The minimum Gasteiger partial charge on any atom is -0.279 e. The van der Waals surface area contributed by atoms with E-state index < -0.39 is 0 Å². The molecule has 2 nitrogen and oxygen atoms in total. The summed E-state index contributed by atoms with van der Waals surface area (Å²) in [5, 5.41) is 0. The smallest absolute Gasteiger partial charge is 0.0791 e. The molecule has 338 valence electrons. The summed E-state index contributed by atoms with van der Waals surface area (Å²) in [7, 11) is 0. The van der Waals surface area contributed by atoms with Crippen LogP contribution in [-0.2, 0) is 6.54 Å². The molecule has 0 aliphatic rings. The Labute approximate surface area is 395 Å². The van der Waals surface area contributed by atoms with Crippen LogP contribution in [0.3, 0.4) is 0 Å². The van der Waals surface area contributed by atoms with Crippen molar-refractivity contribution >= 4 is 35.9 Å². The van der Waals surface area contributed by atoms with Gasteiger partial charge in [0.15, 0.2) is 0 Å². The van der Waals surface area contributed by atoms with Crippen LogP contribution in [0.15, 0.2) is 223 Å². The molecule has 0 saturated carbocycles. The summed E-state index contributed by atoms with van der Waals surface area (Å²) < 4.78 is 0. The van der Waals surface area contributed by atoms with Gasteiger partial charge in [-0.2, -0.15) is 0 Å². The predicted molar refractivity (Wildman–Crippen MR) is 298 cm³/mol. The Hall–Kier alpha value is -6.90. The molecule has 0 radical (unpaired) electrons. The third-order valence-corrected chi connectivity index (χ3v) is 10.2. The molecular formula is C63H76N2. The summed E-state index contributed by atoms with van der Waals surface area (Å²) in [6, 6.07) is 31.5. The average Bonchev–Trinajstić information content (AvgIpc) is 3.34. The Bertz CT molecular complexity index is 2430. The Balaban J connectivity index is 0.000000773. The zero-order valence-corrected chi connectivity index (χ0v) is 41.6. The van der Waals surface area contributed by atoms with Crippen LogP contribution in [0.25, 0.3) is 34.5 Å². The lowest BCUT2D eigenvalue weighted by Gasteiger charge is -2.17. The first-order chi connectivity index (χ1) is 31.5. The van der Waals surface area contributed by atoms with Crippen molar-refractivity contribution in [2.75, 3.05) is 0 Å². The lowest BCUT2D eigenvalue weighted by Crippen LogP contribution is -2.08. The van der Waals surface area contributed by atoms with Gasteiger partial charge in [0.1, 0.15) is 0 Å². The van der Waals surface area contributed by atoms with Crippen molar-refractivity contribution in [2.24, 2.45) is 15.9 Å². The summed E-state index contributed by atoms with van der Waals surface area (Å²) in [6.07, 6.45) is 26.1. The number of benzene rings is 4. The Morgan fingerprint density at radius 2 is 1.38 bits per heavy atom. The van der Waals surface area contributed by atoms with Crippen molar-refractivity contribution in [3.63, 3.8) is 0 Å². The lowest BCUT2D eigenvalue weighted by molar-refractivity contribution is 0.882. The molecule has 4 aromatic carbocycles. The Morgan fingerprint density at radius 1 is 0.723 bits per heavy atom. The second kappa shape index (κ2) is 31.9. The highest BCUT2D eigenvalue weighted by Crippen LogP contribution is 2.32. The maximum absolute atomic E-state index is 5.20. The molecule has 0 heterocycles. The molecule has 0 aliphatic carbocycles. The van der Waals surface area contributed by atoms with Crippen molar-refractivity contribution < 1.29 is 0 Å². The van der Waals surface area contributed by atoms with Gasteiger partial charge in [0.2, 0.25) is 0 Å². The van der Waals surface area contributed by atoms with E-state index >= 15 is 0 Å². The van der Waals surface area contributed by atoms with Crippen LogP contribution >= 0.6 is 0 Å². The van der Waals surface area contributed by atoms with E-state index in [1.807, 2.05) is 97.1 Å². The van der Waals surface area contributed by atoms with Crippen molar-refractivity contribution in [1.29, 1.82) is 0 Å². The monoisotopic (exact) mass is 861 g/mol. The quantitative estimate of drug-likeness (QED) is 0.0703. The summed E-state index contributed by atoms with van der Waals surface area (Å²) in [5.74, 6) is 0.348. The van der Waals surface area contributed by atoms with Crippen LogP contribution in [-0.4, -0.2) is 12.4 Å². The molecule has 0 aromatic heterocycles. The number of hydrogen-bond acceptors (Lipinski definition) is 2. The highest BCUT2D eigenvalue weighted by molar-refractivity contribution is 6.19. The largest absolute Gasteiger partial charge is 0.279 e. The molecule has 0 amide bonds. The predicted octanol–water partition coefficient (Wildman–Crippen LogP) is 18.7. The third-order valence-electron chi connectivity index (χ3n) is 10.2. The van der Waals surface area contributed by atoms with Gasteiger partial charge >= 0.3 is 0 Å². The molecule has 0 fully saturated rings. The molecular weight excluding hydrogens is 785 g/mol. The van der Waals surface area contributed by atoms with Crippen LogP contribution in [0.1, 0.15) is 108 Å². The van der Waals surface area contributed by atoms with Crippen molar-refractivity contribution in [2.45, 2.75) is 82.7 Å². The number of aryl methyl sites for hydroxylation is 1. The topological polar surface area (TPSA) is 24.7 Å². The molecule has 0 saturated heterocycles. The fourth-order valence-corrected chi connectivity index (χ4v) is 6.80. The van der Waals surface area contributed by atoms with Gasteiger partial charge in [0, 0.05) is 16.7 Å². The molecule has 0 aliphatic heterocycles. The summed E-state index contributed by atoms with van der Waals surface area (Å²) in [4.78, 5) is 9.77. The van der Waals surface area contributed by atoms with Gasteiger partial charge < -0.3 is 0 Å². The van der Waals surface area contributed by atoms with E-state index in [1.54, 1.807) is 6.08 Å². The molecule has 0 bridgehead atoms. The molecule has 65 heavy (non-hydrogen) atoms. The normalized spacial score (nSPS) is 12.7. The van der Waals surface area contributed by atoms with Crippen LogP contribution in [0, 0.1) is 12.8 Å². The molecule has 4 rings (SSSR count). The number of aliphatic imine (C=N–C) groups is 2. The maximum Gasteiger partial charge on any atom is 0.0791 e. The number of nitrogens with zero attached hydrogens (tertiary/aromatic N) is 2. The van der Waals surface area contributed by atoms with Gasteiger partial charge in [-0.25, -0.2) is 0 Å². The second-order valence-corrected chi connectivity index (χ2v) is 14.6. The van der Waals surface area contributed by atoms with Gasteiger partial charge in [-0.05, 0) is 122 Å². The highest BCUT2D eigenvalue weighted by atomic mass is 14.8. The van der Waals surface area contributed by atoms with E-state index in [0.717, 1.165) is 72.6 Å². The Kier molecular flexibility index (Phi) is 27.5. The van der Waals surface area contributed by atoms with Crippen LogP contribution < -0.4 is 0 Å². The molecule has 0 N–H and O–H groups in total. The van der Waals surface area contributed by atoms with Crippen LogP contribution in [0.2, 0.25) is 0 Å². The van der Waals surface area contributed by atoms with Crippen LogP contribution in [0.5, 0.6) is 0 Å². The van der Waals surface area contributed by atoms with E-state index in [2.05, 4.69) is 188 Å².